The van der Waals surface area contributed by atoms with Crippen LogP contribution in [-0.2, 0) is 14.4 Å². The fraction of sp³-hybridized carbons (Fsp3) is 0.606. The number of carbonyl (C=O) groups excluding carboxylic acids is 3. The lowest BCUT2D eigenvalue weighted by Gasteiger charge is -2.39. The number of likely N-dealkylation sites (tertiary alicyclic amines) is 1. The third-order valence-electron chi connectivity index (χ3n) is 9.33. The first-order chi connectivity index (χ1) is 19.7. The molecule has 3 saturated heterocycles. The third kappa shape index (κ3) is 5.62. The van der Waals surface area contributed by atoms with Crippen LogP contribution in [0.1, 0.15) is 65.7 Å². The van der Waals surface area contributed by atoms with E-state index < -0.39 is 27.4 Å². The number of hydrogen-bond acceptors (Lipinski definition) is 5. The number of thioether (sulfide) groups is 1. The van der Waals surface area contributed by atoms with Crippen LogP contribution in [0, 0.1) is 11.8 Å². The number of unbranched alkanes of at least 4 members (excludes halogenated alkanes) is 2. The normalized spacial score (nSPS) is 28.8. The summed E-state index contributed by atoms with van der Waals surface area (Å²) in [6, 6.07) is 8.97. The molecule has 224 valence electrons. The van der Waals surface area contributed by atoms with Gasteiger partial charge >= 0.3 is 0 Å². The summed E-state index contributed by atoms with van der Waals surface area (Å²) in [7, 11) is 0. The molecule has 3 heterocycles. The van der Waals surface area contributed by atoms with Crippen molar-refractivity contribution < 1.29 is 19.5 Å². The van der Waals surface area contributed by atoms with E-state index in [0.29, 0.717) is 32.5 Å². The first kappa shape index (κ1) is 31.4. The number of carbonyl (C=O) groups is 3. The number of benzene rings is 1. The van der Waals surface area contributed by atoms with Gasteiger partial charge in [-0.1, -0.05) is 43.7 Å². The number of aliphatic hydroxyl groups is 1. The Morgan fingerprint density at radius 3 is 2.46 bits per heavy atom. The lowest BCUT2D eigenvalue weighted by Crippen LogP contribution is -2.56. The van der Waals surface area contributed by atoms with Gasteiger partial charge in [0.2, 0.25) is 17.7 Å². The first-order valence-corrected chi connectivity index (χ1v) is 16.0. The number of anilines is 1. The molecule has 3 amide bonds. The molecule has 6 atom stereocenters. The zero-order chi connectivity index (χ0) is 29.8. The molecule has 0 aromatic heterocycles. The number of rotatable bonds is 15. The molecule has 3 unspecified atom stereocenters. The average Bonchev–Trinajstić information content (AvgIpc) is 3.53. The van der Waals surface area contributed by atoms with Gasteiger partial charge in [0, 0.05) is 42.7 Å². The van der Waals surface area contributed by atoms with Crippen molar-refractivity contribution in [2.45, 2.75) is 87.3 Å². The molecule has 1 N–H and O–H groups in total. The Balaban J connectivity index is 1.76. The van der Waals surface area contributed by atoms with Gasteiger partial charge in [-0.15, -0.1) is 24.9 Å². The largest absolute Gasteiger partial charge is 0.396 e. The van der Waals surface area contributed by atoms with Gasteiger partial charge in [-0.25, -0.2) is 0 Å². The monoisotopic (exact) mass is 581 g/mol. The van der Waals surface area contributed by atoms with Gasteiger partial charge < -0.3 is 19.8 Å². The molecule has 0 aliphatic carbocycles. The molecule has 1 aromatic carbocycles. The van der Waals surface area contributed by atoms with Crippen LogP contribution in [0.2, 0.25) is 0 Å². The lowest BCUT2D eigenvalue weighted by atomic mass is 9.66. The second kappa shape index (κ2) is 13.2. The summed E-state index contributed by atoms with van der Waals surface area (Å²) in [5.41, 5.74) is 0.785. The molecular weight excluding hydrogens is 534 g/mol. The van der Waals surface area contributed by atoms with Crippen LogP contribution in [0.3, 0.4) is 0 Å². The van der Waals surface area contributed by atoms with Crippen LogP contribution >= 0.6 is 11.8 Å². The van der Waals surface area contributed by atoms with Crippen molar-refractivity contribution in [1.82, 2.24) is 9.80 Å². The summed E-state index contributed by atoms with van der Waals surface area (Å²) < 4.78 is -1.09. The highest BCUT2D eigenvalue weighted by Gasteiger charge is 2.77. The Bertz CT molecular complexity index is 1130. The van der Waals surface area contributed by atoms with Crippen LogP contribution in [0.4, 0.5) is 5.69 Å². The lowest BCUT2D eigenvalue weighted by molar-refractivity contribution is -0.144. The van der Waals surface area contributed by atoms with Crippen molar-refractivity contribution in [2.24, 2.45) is 11.8 Å². The van der Waals surface area contributed by atoms with Crippen LogP contribution in [0.25, 0.3) is 0 Å². The Morgan fingerprint density at radius 1 is 1.12 bits per heavy atom. The predicted molar refractivity (Wildman–Crippen MR) is 167 cm³/mol. The maximum atomic E-state index is 14.6. The summed E-state index contributed by atoms with van der Waals surface area (Å²) in [4.78, 5) is 49.0. The summed E-state index contributed by atoms with van der Waals surface area (Å²) >= 11 is 1.72. The van der Waals surface area contributed by atoms with Crippen molar-refractivity contribution in [3.8, 4) is 0 Å². The second-order valence-electron chi connectivity index (χ2n) is 12.0. The van der Waals surface area contributed by atoms with Gasteiger partial charge in [0.15, 0.2) is 0 Å². The Kier molecular flexibility index (Phi) is 10.1. The maximum absolute atomic E-state index is 14.6. The molecule has 4 rings (SSSR count). The molecule has 3 aliphatic heterocycles. The molecule has 0 radical (unpaired) electrons. The highest BCUT2D eigenvalue weighted by molar-refractivity contribution is 8.02. The third-order valence-corrected chi connectivity index (χ3v) is 11.3. The van der Waals surface area contributed by atoms with Gasteiger partial charge in [0.25, 0.3) is 0 Å². The number of aliphatic hydroxyl groups excluding tert-OH is 1. The SMILES string of the molecule is C=CCN(C(=O)[C@H]1[C@H]2C(=O)N(CCCCCO)C(C(=O)N(CC=C)C(C)CCC)C23CC[C@]1(C)S3)c1ccccc1. The second-order valence-corrected chi connectivity index (χ2v) is 13.9. The highest BCUT2D eigenvalue weighted by Crippen LogP contribution is 2.71. The Labute approximate surface area is 250 Å². The molecule has 1 aromatic rings. The average molecular weight is 582 g/mol. The van der Waals surface area contributed by atoms with E-state index in [1.807, 2.05) is 35.2 Å². The van der Waals surface area contributed by atoms with E-state index in [-0.39, 0.29) is 30.4 Å². The molecule has 3 aliphatic rings. The zero-order valence-corrected chi connectivity index (χ0v) is 25.8. The van der Waals surface area contributed by atoms with E-state index in [4.69, 9.17) is 0 Å². The Hall–Kier alpha value is -2.58. The van der Waals surface area contributed by atoms with Crippen molar-refractivity contribution >= 4 is 35.2 Å². The molecule has 41 heavy (non-hydrogen) atoms. The van der Waals surface area contributed by atoms with Crippen molar-refractivity contribution in [3.05, 3.63) is 55.6 Å². The van der Waals surface area contributed by atoms with Gasteiger partial charge in [-0.05, 0) is 64.5 Å². The highest BCUT2D eigenvalue weighted by atomic mass is 32.2. The van der Waals surface area contributed by atoms with Crippen LogP contribution in [-0.4, -0.2) is 80.4 Å². The topological polar surface area (TPSA) is 81.2 Å². The van der Waals surface area contributed by atoms with Gasteiger partial charge in [-0.2, -0.15) is 0 Å². The van der Waals surface area contributed by atoms with Gasteiger partial charge in [0.05, 0.1) is 16.6 Å². The van der Waals surface area contributed by atoms with Gasteiger partial charge in [-0.3, -0.25) is 14.4 Å². The number of amides is 3. The summed E-state index contributed by atoms with van der Waals surface area (Å²) in [6.07, 6.45) is 8.96. The van der Waals surface area contributed by atoms with Crippen LogP contribution < -0.4 is 4.90 Å². The molecule has 2 bridgehead atoms. The molecule has 8 heteroatoms. The summed E-state index contributed by atoms with van der Waals surface area (Å²) in [5.74, 6) is -1.27. The summed E-state index contributed by atoms with van der Waals surface area (Å²) in [6.45, 7) is 15.4. The fourth-order valence-corrected chi connectivity index (χ4v) is 9.82. The first-order valence-electron chi connectivity index (χ1n) is 15.2. The predicted octanol–water partition coefficient (Wildman–Crippen LogP) is 5.05. The number of nitrogens with zero attached hydrogens (tertiary/aromatic N) is 3. The van der Waals surface area contributed by atoms with E-state index >= 15 is 0 Å². The van der Waals surface area contributed by atoms with Crippen LogP contribution in [0.5, 0.6) is 0 Å². The van der Waals surface area contributed by atoms with E-state index in [2.05, 4.69) is 33.9 Å². The fourth-order valence-electron chi connectivity index (χ4n) is 7.48. The molecule has 7 nitrogen and oxygen atoms in total. The van der Waals surface area contributed by atoms with E-state index in [1.54, 1.807) is 33.7 Å². The standard InChI is InChI=1S/C33H47N3O4S/c1-6-15-24(4)34(20-7-2)31(40)28-33-19-18-32(5,41-33)26(27(33)30(39)36(28)22-13-10-14-23-37)29(38)35(21-8-3)25-16-11-9-12-17-25/h7-9,11-12,16-17,24,26-28,37H,2-3,6,10,13-15,18-23H2,1,4-5H3/t24?,26-,27+,28?,32+,33?/m1/s1. The Morgan fingerprint density at radius 2 is 1.83 bits per heavy atom. The zero-order valence-electron chi connectivity index (χ0n) is 25.0. The quantitative estimate of drug-likeness (QED) is 0.232. The van der Waals surface area contributed by atoms with Crippen molar-refractivity contribution in [1.29, 1.82) is 0 Å². The molecule has 1 spiro atoms. The molecule has 0 saturated carbocycles. The molecular formula is C33H47N3O4S. The molecule has 3 fully saturated rings. The minimum Gasteiger partial charge on any atom is -0.396 e. The van der Waals surface area contributed by atoms with Crippen molar-refractivity contribution in [2.75, 3.05) is 31.1 Å². The number of fused-ring (bicyclic) bond motifs is 1. The minimum atomic E-state index is -0.651. The number of para-hydroxylation sites is 1. The van der Waals surface area contributed by atoms with Crippen LogP contribution in [0.15, 0.2) is 55.6 Å². The van der Waals surface area contributed by atoms with E-state index in [1.165, 1.54) is 0 Å². The smallest absolute Gasteiger partial charge is 0.247 e. The van der Waals surface area contributed by atoms with Crippen molar-refractivity contribution in [3.63, 3.8) is 0 Å². The maximum Gasteiger partial charge on any atom is 0.247 e. The van der Waals surface area contributed by atoms with E-state index in [9.17, 15) is 19.5 Å². The summed E-state index contributed by atoms with van der Waals surface area (Å²) in [5, 5.41) is 9.32. The minimum absolute atomic E-state index is 0.0186. The van der Waals surface area contributed by atoms with E-state index in [0.717, 1.165) is 37.8 Å². The number of hydrogen-bond donors (Lipinski definition) is 1. The van der Waals surface area contributed by atoms with Gasteiger partial charge in [0.1, 0.15) is 6.04 Å².